The fraction of sp³-hybridized carbons (Fsp3) is 0.655. The molecule has 3 fully saturated rings. The van der Waals surface area contributed by atoms with Gasteiger partial charge in [-0.25, -0.2) is 0 Å². The van der Waals surface area contributed by atoms with E-state index >= 15 is 0 Å². The van der Waals surface area contributed by atoms with E-state index < -0.39 is 35.5 Å². The van der Waals surface area contributed by atoms with Crippen LogP contribution in [0.1, 0.15) is 53.4 Å². The second-order valence-electron chi connectivity index (χ2n) is 11.4. The van der Waals surface area contributed by atoms with Crippen molar-refractivity contribution in [2.75, 3.05) is 13.2 Å². The van der Waals surface area contributed by atoms with Crippen LogP contribution in [0.25, 0.3) is 0 Å². The van der Waals surface area contributed by atoms with E-state index in [1.807, 2.05) is 6.08 Å². The molecule has 5 aliphatic rings. The van der Waals surface area contributed by atoms with Gasteiger partial charge < -0.3 is 24.1 Å². The van der Waals surface area contributed by atoms with E-state index in [4.69, 9.17) is 18.9 Å². The molecule has 3 saturated heterocycles. The predicted molar refractivity (Wildman–Crippen MR) is 133 cm³/mol. The van der Waals surface area contributed by atoms with Crippen LogP contribution in [0.4, 0.5) is 0 Å². The number of fused-ring (bicyclic) bond motifs is 2. The highest BCUT2D eigenvalue weighted by atomic mass is 16.7. The zero-order chi connectivity index (χ0) is 25.7. The Hall–Kier alpha value is -2.06. The van der Waals surface area contributed by atoms with Gasteiger partial charge in [0.2, 0.25) is 0 Å². The van der Waals surface area contributed by atoms with Crippen molar-refractivity contribution in [2.24, 2.45) is 23.7 Å². The van der Waals surface area contributed by atoms with E-state index in [9.17, 15) is 14.7 Å². The Morgan fingerprint density at radius 3 is 2.67 bits per heavy atom. The summed E-state index contributed by atoms with van der Waals surface area (Å²) < 4.78 is 24.6. The molecule has 2 bridgehead atoms. The van der Waals surface area contributed by atoms with Crippen LogP contribution in [0.5, 0.6) is 0 Å². The summed E-state index contributed by atoms with van der Waals surface area (Å²) in [6.45, 7) is 9.24. The molecule has 1 spiro atoms. The summed E-state index contributed by atoms with van der Waals surface area (Å²) in [5.41, 5.74) is 0.0124. The average molecular weight is 499 g/mol. The number of hydrogen-bond donors (Lipinski definition) is 1. The fourth-order valence-corrected chi connectivity index (χ4v) is 6.38. The van der Waals surface area contributed by atoms with Gasteiger partial charge in [-0.3, -0.25) is 9.59 Å². The van der Waals surface area contributed by atoms with Crippen LogP contribution in [-0.4, -0.2) is 59.8 Å². The Kier molecular flexibility index (Phi) is 6.87. The minimum Gasteiger partial charge on any atom is -0.462 e. The number of esters is 1. The van der Waals surface area contributed by atoms with Gasteiger partial charge in [0.05, 0.1) is 19.3 Å². The molecule has 1 aliphatic carbocycles. The number of carbonyl (C=O) groups excluding carboxylic acids is 2. The molecule has 0 aromatic heterocycles. The normalized spacial score (nSPS) is 49.1. The van der Waals surface area contributed by atoms with Gasteiger partial charge in [0, 0.05) is 18.8 Å². The summed E-state index contributed by atoms with van der Waals surface area (Å²) in [6, 6.07) is 0. The summed E-state index contributed by atoms with van der Waals surface area (Å²) in [5, 5.41) is 11.8. The first-order valence-corrected chi connectivity index (χ1v) is 13.2. The molecule has 36 heavy (non-hydrogen) atoms. The SMILES string of the molecule is C/C1=C\C[C@@H]2C[C@@H](C[C@]3(OC[C@@H](C)[C@H]3C)O2)OC(=O)[C@@H]2C=CC(=O)[C@H]3OC/C(=C\C=C\[C@H](C)C1)[C@]32O. The van der Waals surface area contributed by atoms with Crippen molar-refractivity contribution in [1.29, 1.82) is 0 Å². The Bertz CT molecular complexity index is 1020. The van der Waals surface area contributed by atoms with Gasteiger partial charge in [-0.15, -0.1) is 0 Å². The third-order valence-electron chi connectivity index (χ3n) is 8.69. The van der Waals surface area contributed by atoms with Crippen molar-refractivity contribution in [3.8, 4) is 0 Å². The number of aliphatic hydroxyl groups is 1. The number of rotatable bonds is 0. The van der Waals surface area contributed by atoms with Crippen LogP contribution in [-0.2, 0) is 28.5 Å². The van der Waals surface area contributed by atoms with Crippen LogP contribution < -0.4 is 0 Å². The third-order valence-corrected chi connectivity index (χ3v) is 8.69. The monoisotopic (exact) mass is 498 g/mol. The van der Waals surface area contributed by atoms with Crippen LogP contribution >= 0.6 is 0 Å². The molecule has 0 saturated carbocycles. The Morgan fingerprint density at radius 2 is 1.92 bits per heavy atom. The fourth-order valence-electron chi connectivity index (χ4n) is 6.38. The summed E-state index contributed by atoms with van der Waals surface area (Å²) >= 11 is 0. The molecule has 0 aromatic rings. The highest BCUT2D eigenvalue weighted by Crippen LogP contribution is 2.47. The third kappa shape index (κ3) is 4.44. The van der Waals surface area contributed by atoms with Gasteiger partial charge >= 0.3 is 5.97 Å². The van der Waals surface area contributed by atoms with Gasteiger partial charge in [-0.2, -0.15) is 0 Å². The van der Waals surface area contributed by atoms with Crippen molar-refractivity contribution in [3.05, 3.63) is 47.6 Å². The highest BCUT2D eigenvalue weighted by molar-refractivity contribution is 5.99. The predicted octanol–water partition coefficient (Wildman–Crippen LogP) is 3.82. The zero-order valence-electron chi connectivity index (χ0n) is 21.6. The van der Waals surface area contributed by atoms with E-state index in [2.05, 4.69) is 39.8 Å². The maximum atomic E-state index is 13.6. The molecule has 1 N–H and O–H groups in total. The average Bonchev–Trinajstić information content (AvgIpc) is 3.30. The first-order valence-electron chi connectivity index (χ1n) is 13.2. The standard InChI is InChI=1S/C29H38O7/c1-17-6-5-7-21-16-33-26-25(30)11-10-24(29(21,26)32)27(31)35-23-13-22(9-8-18(2)12-17)36-28(14-23)20(4)19(3)15-34-28/h5-8,10-11,17,19-20,22-24,26,32H,9,12-16H2,1-4H3/b6-5+,18-8+,21-7+/t17-,19+,20+,22+,23-,24-,26+,28-,29+/m0/s1. The molecule has 7 heteroatoms. The molecule has 196 valence electrons. The Balaban J connectivity index is 1.52. The lowest BCUT2D eigenvalue weighted by molar-refractivity contribution is -0.291. The summed E-state index contributed by atoms with van der Waals surface area (Å²) in [5.74, 6) is -1.97. The molecular formula is C29H38O7. The first-order chi connectivity index (χ1) is 17.1. The molecule has 4 heterocycles. The van der Waals surface area contributed by atoms with E-state index in [0.717, 1.165) is 6.42 Å². The summed E-state index contributed by atoms with van der Waals surface area (Å²) in [7, 11) is 0. The molecule has 7 nitrogen and oxygen atoms in total. The van der Waals surface area contributed by atoms with E-state index in [1.54, 1.807) is 6.08 Å². The second kappa shape index (κ2) is 9.67. The first kappa shape index (κ1) is 25.6. The van der Waals surface area contributed by atoms with Crippen LogP contribution in [0, 0.1) is 23.7 Å². The van der Waals surface area contributed by atoms with Crippen molar-refractivity contribution in [1.82, 2.24) is 0 Å². The van der Waals surface area contributed by atoms with E-state index in [0.29, 0.717) is 37.4 Å². The largest absolute Gasteiger partial charge is 0.462 e. The minimum absolute atomic E-state index is 0.0850. The Morgan fingerprint density at radius 1 is 1.11 bits per heavy atom. The van der Waals surface area contributed by atoms with Crippen LogP contribution in [0.3, 0.4) is 0 Å². The van der Waals surface area contributed by atoms with Crippen molar-refractivity contribution in [3.63, 3.8) is 0 Å². The summed E-state index contributed by atoms with van der Waals surface area (Å²) in [6.07, 6.45) is 11.7. The molecule has 0 amide bonds. The number of allylic oxidation sites excluding steroid dienone is 4. The van der Waals surface area contributed by atoms with Crippen LogP contribution in [0.15, 0.2) is 47.6 Å². The van der Waals surface area contributed by atoms with E-state index in [-0.39, 0.29) is 30.3 Å². The molecule has 4 aliphatic heterocycles. The molecule has 9 atom stereocenters. The van der Waals surface area contributed by atoms with Crippen LogP contribution in [0.2, 0.25) is 0 Å². The smallest absolute Gasteiger partial charge is 0.316 e. The number of carbonyl (C=O) groups is 2. The lowest BCUT2D eigenvalue weighted by Gasteiger charge is -2.44. The van der Waals surface area contributed by atoms with Crippen molar-refractivity contribution >= 4 is 11.8 Å². The van der Waals surface area contributed by atoms with Crippen molar-refractivity contribution in [2.45, 2.75) is 83.1 Å². The van der Waals surface area contributed by atoms with Gasteiger partial charge in [0.15, 0.2) is 17.7 Å². The molecule has 0 aromatic carbocycles. The summed E-state index contributed by atoms with van der Waals surface area (Å²) in [4.78, 5) is 26.2. The van der Waals surface area contributed by atoms with Gasteiger partial charge in [0.25, 0.3) is 0 Å². The van der Waals surface area contributed by atoms with Gasteiger partial charge in [0.1, 0.15) is 17.6 Å². The molecule has 0 radical (unpaired) electrons. The second-order valence-corrected chi connectivity index (χ2v) is 11.4. The quantitative estimate of drug-likeness (QED) is 0.401. The number of ether oxygens (including phenoxy) is 4. The molecule has 5 rings (SSSR count). The molecule has 0 unspecified atom stereocenters. The minimum atomic E-state index is -1.77. The molecular weight excluding hydrogens is 460 g/mol. The number of hydrogen-bond acceptors (Lipinski definition) is 7. The van der Waals surface area contributed by atoms with Gasteiger partial charge in [-0.05, 0) is 43.3 Å². The number of ketones is 1. The Labute approximate surface area is 213 Å². The van der Waals surface area contributed by atoms with Crippen molar-refractivity contribution < 1.29 is 33.6 Å². The lowest BCUT2D eigenvalue weighted by Crippen LogP contribution is -2.56. The zero-order valence-corrected chi connectivity index (χ0v) is 21.6. The van der Waals surface area contributed by atoms with Gasteiger partial charge in [-0.1, -0.05) is 56.7 Å². The van der Waals surface area contributed by atoms with E-state index in [1.165, 1.54) is 17.7 Å². The maximum absolute atomic E-state index is 13.6. The maximum Gasteiger partial charge on any atom is 0.316 e. The topological polar surface area (TPSA) is 91.3 Å². The highest BCUT2D eigenvalue weighted by Gasteiger charge is 2.59. The lowest BCUT2D eigenvalue weighted by atomic mass is 9.73.